The van der Waals surface area contributed by atoms with Crippen LogP contribution in [-0.4, -0.2) is 29.9 Å². The molecule has 0 aliphatic carbocycles. The molecule has 1 amide bonds. The number of carbonyl (C=O) groups is 1. The summed E-state index contributed by atoms with van der Waals surface area (Å²) in [6, 6.07) is 7.60. The number of likely N-dealkylation sites (tertiary alicyclic amines) is 1. The number of nitrogens with two attached hydrogens (primary N) is 1. The minimum absolute atomic E-state index is 0.119. The second kappa shape index (κ2) is 5.52. The Kier molecular flexibility index (Phi) is 4.02. The number of piperidine rings is 1. The second-order valence-corrected chi connectivity index (χ2v) is 4.92. The Balaban J connectivity index is 1.99. The van der Waals surface area contributed by atoms with Gasteiger partial charge in [0, 0.05) is 24.2 Å². The summed E-state index contributed by atoms with van der Waals surface area (Å²) in [5.74, 6) is 0.119. The van der Waals surface area contributed by atoms with Crippen molar-refractivity contribution in [2.75, 3.05) is 13.1 Å². The summed E-state index contributed by atoms with van der Waals surface area (Å²) < 4.78 is 0. The number of amides is 1. The predicted octanol–water partition coefficient (Wildman–Crippen LogP) is 1.83. The van der Waals surface area contributed by atoms with Gasteiger partial charge in [0.1, 0.15) is 0 Å². The quantitative estimate of drug-likeness (QED) is 0.873. The zero-order chi connectivity index (χ0) is 12.3. The van der Waals surface area contributed by atoms with E-state index in [4.69, 9.17) is 17.3 Å². The second-order valence-electron chi connectivity index (χ2n) is 4.51. The van der Waals surface area contributed by atoms with Crippen LogP contribution in [0, 0.1) is 0 Å². The number of halogens is 1. The molecule has 1 atom stereocenters. The summed E-state index contributed by atoms with van der Waals surface area (Å²) in [5, 5.41) is 0.655. The highest BCUT2D eigenvalue weighted by Gasteiger charge is 2.21. The SMILES string of the molecule is NC1CCCN(C(=O)Cc2ccccc2Cl)C1. The van der Waals surface area contributed by atoms with Crippen LogP contribution in [0.4, 0.5) is 0 Å². The summed E-state index contributed by atoms with van der Waals surface area (Å²) in [7, 11) is 0. The van der Waals surface area contributed by atoms with Crippen LogP contribution in [0.15, 0.2) is 24.3 Å². The van der Waals surface area contributed by atoms with Gasteiger partial charge in [-0.2, -0.15) is 0 Å². The molecule has 4 heteroatoms. The van der Waals surface area contributed by atoms with Gasteiger partial charge in [0.2, 0.25) is 5.91 Å². The van der Waals surface area contributed by atoms with Crippen molar-refractivity contribution in [3.05, 3.63) is 34.9 Å². The molecule has 0 bridgehead atoms. The lowest BCUT2D eigenvalue weighted by Crippen LogP contribution is -2.46. The lowest BCUT2D eigenvalue weighted by Gasteiger charge is -2.30. The van der Waals surface area contributed by atoms with Gasteiger partial charge < -0.3 is 10.6 Å². The van der Waals surface area contributed by atoms with Crippen LogP contribution < -0.4 is 5.73 Å². The highest BCUT2D eigenvalue weighted by molar-refractivity contribution is 6.31. The van der Waals surface area contributed by atoms with Crippen molar-refractivity contribution in [2.45, 2.75) is 25.3 Å². The zero-order valence-electron chi connectivity index (χ0n) is 9.73. The van der Waals surface area contributed by atoms with Crippen LogP contribution in [0.5, 0.6) is 0 Å². The van der Waals surface area contributed by atoms with Crippen LogP contribution in [-0.2, 0) is 11.2 Å². The highest BCUT2D eigenvalue weighted by Crippen LogP contribution is 2.17. The van der Waals surface area contributed by atoms with E-state index >= 15 is 0 Å². The lowest BCUT2D eigenvalue weighted by molar-refractivity contribution is -0.131. The van der Waals surface area contributed by atoms with Crippen molar-refractivity contribution < 1.29 is 4.79 Å². The molecule has 1 aliphatic rings. The number of hydrogen-bond donors (Lipinski definition) is 1. The fraction of sp³-hybridized carbons (Fsp3) is 0.462. The van der Waals surface area contributed by atoms with E-state index in [1.807, 2.05) is 29.2 Å². The summed E-state index contributed by atoms with van der Waals surface area (Å²) in [6.07, 6.45) is 2.37. The van der Waals surface area contributed by atoms with Gasteiger partial charge in [-0.15, -0.1) is 0 Å². The largest absolute Gasteiger partial charge is 0.341 e. The van der Waals surface area contributed by atoms with E-state index in [0.29, 0.717) is 18.0 Å². The Hall–Kier alpha value is -1.06. The third kappa shape index (κ3) is 3.20. The Morgan fingerprint density at radius 2 is 2.24 bits per heavy atom. The van der Waals surface area contributed by atoms with Crippen molar-refractivity contribution in [1.82, 2.24) is 4.90 Å². The molecule has 0 aromatic heterocycles. The number of rotatable bonds is 2. The molecule has 1 aliphatic heterocycles. The molecule has 92 valence electrons. The van der Waals surface area contributed by atoms with E-state index in [-0.39, 0.29) is 11.9 Å². The Labute approximate surface area is 107 Å². The molecule has 0 radical (unpaired) electrons. The van der Waals surface area contributed by atoms with Crippen LogP contribution >= 0.6 is 11.6 Å². The molecule has 1 saturated heterocycles. The summed E-state index contributed by atoms with van der Waals surface area (Å²) in [6.45, 7) is 1.49. The van der Waals surface area contributed by atoms with Crippen molar-refractivity contribution in [3.63, 3.8) is 0 Å². The summed E-state index contributed by atoms with van der Waals surface area (Å²) in [5.41, 5.74) is 6.75. The van der Waals surface area contributed by atoms with Crippen molar-refractivity contribution >= 4 is 17.5 Å². The van der Waals surface area contributed by atoms with E-state index in [1.54, 1.807) is 0 Å². The average Bonchev–Trinajstić information content (AvgIpc) is 2.32. The molecule has 1 fully saturated rings. The van der Waals surface area contributed by atoms with Gasteiger partial charge >= 0.3 is 0 Å². The van der Waals surface area contributed by atoms with Crippen LogP contribution in [0.3, 0.4) is 0 Å². The first-order valence-electron chi connectivity index (χ1n) is 5.93. The fourth-order valence-corrected chi connectivity index (χ4v) is 2.36. The first-order chi connectivity index (χ1) is 8.16. The maximum Gasteiger partial charge on any atom is 0.227 e. The zero-order valence-corrected chi connectivity index (χ0v) is 10.5. The minimum Gasteiger partial charge on any atom is -0.341 e. The van der Waals surface area contributed by atoms with Gasteiger partial charge in [-0.25, -0.2) is 0 Å². The van der Waals surface area contributed by atoms with E-state index in [1.165, 1.54) is 0 Å². The first kappa shape index (κ1) is 12.4. The topological polar surface area (TPSA) is 46.3 Å². The molecule has 0 saturated carbocycles. The molecule has 1 aromatic carbocycles. The van der Waals surface area contributed by atoms with Gasteiger partial charge in [-0.05, 0) is 24.5 Å². The molecule has 1 unspecified atom stereocenters. The Morgan fingerprint density at radius 3 is 2.94 bits per heavy atom. The maximum absolute atomic E-state index is 12.1. The van der Waals surface area contributed by atoms with E-state index in [9.17, 15) is 4.79 Å². The van der Waals surface area contributed by atoms with Gasteiger partial charge in [-0.1, -0.05) is 29.8 Å². The van der Waals surface area contributed by atoms with Crippen molar-refractivity contribution in [3.8, 4) is 0 Å². The molecular formula is C13H17ClN2O. The molecule has 2 rings (SSSR count). The monoisotopic (exact) mass is 252 g/mol. The van der Waals surface area contributed by atoms with Crippen molar-refractivity contribution in [2.24, 2.45) is 5.73 Å². The van der Waals surface area contributed by atoms with Crippen LogP contribution in [0.2, 0.25) is 5.02 Å². The summed E-state index contributed by atoms with van der Waals surface area (Å²) >= 11 is 6.04. The molecule has 3 nitrogen and oxygen atoms in total. The lowest BCUT2D eigenvalue weighted by atomic mass is 10.1. The van der Waals surface area contributed by atoms with E-state index < -0.39 is 0 Å². The van der Waals surface area contributed by atoms with Gasteiger partial charge in [0.05, 0.1) is 6.42 Å². The highest BCUT2D eigenvalue weighted by atomic mass is 35.5. The molecule has 17 heavy (non-hydrogen) atoms. The third-order valence-corrected chi connectivity index (χ3v) is 3.48. The summed E-state index contributed by atoms with van der Waals surface area (Å²) in [4.78, 5) is 13.9. The van der Waals surface area contributed by atoms with Gasteiger partial charge in [0.25, 0.3) is 0 Å². The van der Waals surface area contributed by atoms with E-state index in [2.05, 4.69) is 0 Å². The molecule has 1 aromatic rings. The van der Waals surface area contributed by atoms with E-state index in [0.717, 1.165) is 24.9 Å². The van der Waals surface area contributed by atoms with Crippen molar-refractivity contribution in [1.29, 1.82) is 0 Å². The Bertz CT molecular complexity index is 408. The Morgan fingerprint density at radius 1 is 1.47 bits per heavy atom. The third-order valence-electron chi connectivity index (χ3n) is 3.11. The van der Waals surface area contributed by atoms with Crippen LogP contribution in [0.1, 0.15) is 18.4 Å². The smallest absolute Gasteiger partial charge is 0.227 e. The first-order valence-corrected chi connectivity index (χ1v) is 6.31. The number of nitrogens with zero attached hydrogens (tertiary/aromatic N) is 1. The average molecular weight is 253 g/mol. The molecule has 0 spiro atoms. The number of benzene rings is 1. The predicted molar refractivity (Wildman–Crippen MR) is 68.9 cm³/mol. The minimum atomic E-state index is 0.119. The fourth-order valence-electron chi connectivity index (χ4n) is 2.15. The number of hydrogen-bond acceptors (Lipinski definition) is 2. The number of carbonyl (C=O) groups excluding carboxylic acids is 1. The molecule has 1 heterocycles. The van der Waals surface area contributed by atoms with Gasteiger partial charge in [-0.3, -0.25) is 4.79 Å². The molecule has 2 N–H and O–H groups in total. The van der Waals surface area contributed by atoms with Crippen LogP contribution in [0.25, 0.3) is 0 Å². The normalized spacial score (nSPS) is 20.4. The van der Waals surface area contributed by atoms with Gasteiger partial charge in [0.15, 0.2) is 0 Å². The standard InChI is InChI=1S/C13H17ClN2O/c14-12-6-2-1-4-10(12)8-13(17)16-7-3-5-11(15)9-16/h1-2,4,6,11H,3,5,7-9,15H2. The molecular weight excluding hydrogens is 236 g/mol. The maximum atomic E-state index is 12.1.